The van der Waals surface area contributed by atoms with Crippen LogP contribution in [0.1, 0.15) is 27.4 Å². The third kappa shape index (κ3) is 3.12. The van der Waals surface area contributed by atoms with Gasteiger partial charge in [0.15, 0.2) is 6.10 Å². The minimum Gasteiger partial charge on any atom is -0.497 e. The van der Waals surface area contributed by atoms with E-state index < -0.39 is 6.10 Å². The Morgan fingerprint density at radius 3 is 2.37 bits per heavy atom. The Morgan fingerprint density at radius 1 is 0.900 bits per heavy atom. The van der Waals surface area contributed by atoms with Crippen molar-refractivity contribution in [1.82, 2.24) is 0 Å². The molecule has 5 rings (SSSR count). The smallest absolute Gasteiger partial charge is 0.204 e. The van der Waals surface area contributed by atoms with Crippen LogP contribution in [0.25, 0.3) is 10.8 Å². The maximum atomic E-state index is 13.5. The molecule has 4 heteroatoms. The lowest BCUT2D eigenvalue weighted by Gasteiger charge is -2.19. The van der Waals surface area contributed by atoms with E-state index in [4.69, 9.17) is 21.1 Å². The van der Waals surface area contributed by atoms with Gasteiger partial charge in [-0.15, -0.1) is 0 Å². The summed E-state index contributed by atoms with van der Waals surface area (Å²) in [5.41, 5.74) is 2.64. The van der Waals surface area contributed by atoms with Crippen LogP contribution in [0.3, 0.4) is 0 Å². The first-order chi connectivity index (χ1) is 14.7. The minimum absolute atomic E-state index is 0.0623. The van der Waals surface area contributed by atoms with Gasteiger partial charge in [-0.25, -0.2) is 0 Å². The number of carbonyl (C=O) groups is 1. The number of fused-ring (bicyclic) bond motifs is 3. The number of halogens is 1. The first kappa shape index (κ1) is 18.7. The number of hydrogen-bond acceptors (Lipinski definition) is 3. The molecule has 0 spiro atoms. The lowest BCUT2D eigenvalue weighted by molar-refractivity contribution is 0.0807. The Morgan fingerprint density at radius 2 is 1.63 bits per heavy atom. The van der Waals surface area contributed by atoms with Crippen LogP contribution in [-0.4, -0.2) is 19.0 Å². The maximum Gasteiger partial charge on any atom is 0.204 e. The molecule has 0 amide bonds. The molecule has 1 aliphatic rings. The number of hydrogen-bond donors (Lipinski definition) is 0. The maximum absolute atomic E-state index is 13.5. The summed E-state index contributed by atoms with van der Waals surface area (Å²) >= 11 is 6.01. The van der Waals surface area contributed by atoms with Crippen LogP contribution in [0.2, 0.25) is 5.02 Å². The Balaban J connectivity index is 1.67. The van der Waals surface area contributed by atoms with Crippen LogP contribution < -0.4 is 9.47 Å². The number of methoxy groups -OCH3 is 1. The van der Waals surface area contributed by atoms with Crippen LogP contribution >= 0.6 is 11.6 Å². The van der Waals surface area contributed by atoms with Gasteiger partial charge < -0.3 is 9.47 Å². The molecule has 148 valence electrons. The SMILES string of the molecule is COc1ccc([C@H]2c3c(ccc4ccccc34)O[C@H]2C(=O)c2ccc(Cl)cc2)cc1. The van der Waals surface area contributed by atoms with Crippen molar-refractivity contribution in [3.63, 3.8) is 0 Å². The normalized spacial score (nSPS) is 17.4. The average molecular weight is 415 g/mol. The quantitative estimate of drug-likeness (QED) is 0.369. The molecule has 30 heavy (non-hydrogen) atoms. The van der Waals surface area contributed by atoms with Gasteiger partial charge >= 0.3 is 0 Å². The highest BCUT2D eigenvalue weighted by atomic mass is 35.5. The van der Waals surface area contributed by atoms with Gasteiger partial charge in [0.2, 0.25) is 5.78 Å². The van der Waals surface area contributed by atoms with E-state index in [0.29, 0.717) is 10.6 Å². The molecule has 0 aromatic heterocycles. The van der Waals surface area contributed by atoms with Crippen LogP contribution in [0.15, 0.2) is 84.9 Å². The Labute approximate surface area is 179 Å². The fraction of sp³-hybridized carbons (Fsp3) is 0.115. The molecule has 0 unspecified atom stereocenters. The number of ketones is 1. The number of rotatable bonds is 4. The lowest BCUT2D eigenvalue weighted by Crippen LogP contribution is -2.30. The van der Waals surface area contributed by atoms with E-state index in [0.717, 1.165) is 33.4 Å². The van der Waals surface area contributed by atoms with Gasteiger partial charge in [0.05, 0.1) is 13.0 Å². The van der Waals surface area contributed by atoms with Crippen molar-refractivity contribution in [2.75, 3.05) is 7.11 Å². The predicted octanol–water partition coefficient (Wildman–Crippen LogP) is 6.28. The molecule has 0 bridgehead atoms. The summed E-state index contributed by atoms with van der Waals surface area (Å²) in [7, 11) is 1.64. The van der Waals surface area contributed by atoms with Crippen molar-refractivity contribution in [2.45, 2.75) is 12.0 Å². The third-order valence-corrected chi connectivity index (χ3v) is 5.91. The molecule has 0 fully saturated rings. The van der Waals surface area contributed by atoms with Crippen LogP contribution in [0.4, 0.5) is 0 Å². The lowest BCUT2D eigenvalue weighted by atomic mass is 9.83. The summed E-state index contributed by atoms with van der Waals surface area (Å²) in [5, 5.41) is 2.82. The van der Waals surface area contributed by atoms with Crippen molar-refractivity contribution in [2.24, 2.45) is 0 Å². The highest BCUT2D eigenvalue weighted by Gasteiger charge is 2.41. The van der Waals surface area contributed by atoms with E-state index >= 15 is 0 Å². The van der Waals surface area contributed by atoms with Crippen LogP contribution in [0.5, 0.6) is 11.5 Å². The molecule has 0 N–H and O–H groups in total. The number of ether oxygens (including phenoxy) is 2. The highest BCUT2D eigenvalue weighted by Crippen LogP contribution is 2.47. The summed E-state index contributed by atoms with van der Waals surface area (Å²) in [6.45, 7) is 0. The molecule has 2 atom stereocenters. The summed E-state index contributed by atoms with van der Waals surface area (Å²) in [5.74, 6) is 1.24. The second-order valence-corrected chi connectivity index (χ2v) is 7.80. The van der Waals surface area contributed by atoms with Gasteiger partial charge in [0.1, 0.15) is 11.5 Å². The fourth-order valence-corrected chi connectivity index (χ4v) is 4.32. The predicted molar refractivity (Wildman–Crippen MR) is 119 cm³/mol. The Hall–Kier alpha value is -3.30. The average Bonchev–Trinajstić information content (AvgIpc) is 3.19. The van der Waals surface area contributed by atoms with Gasteiger partial charge in [-0.05, 0) is 58.8 Å². The van der Waals surface area contributed by atoms with Gasteiger partial charge in [-0.3, -0.25) is 4.79 Å². The van der Waals surface area contributed by atoms with E-state index in [-0.39, 0.29) is 11.7 Å². The summed E-state index contributed by atoms with van der Waals surface area (Å²) in [6.07, 6.45) is -0.652. The molecule has 0 saturated carbocycles. The van der Waals surface area contributed by atoms with E-state index in [1.807, 2.05) is 48.5 Å². The third-order valence-electron chi connectivity index (χ3n) is 5.66. The van der Waals surface area contributed by atoms with E-state index in [2.05, 4.69) is 12.1 Å². The van der Waals surface area contributed by atoms with Gasteiger partial charge in [-0.1, -0.05) is 54.1 Å². The fourth-order valence-electron chi connectivity index (χ4n) is 4.19. The highest BCUT2D eigenvalue weighted by molar-refractivity contribution is 6.30. The first-order valence-electron chi connectivity index (χ1n) is 9.78. The van der Waals surface area contributed by atoms with Crippen molar-refractivity contribution >= 4 is 28.2 Å². The molecule has 4 aromatic carbocycles. The molecule has 0 radical (unpaired) electrons. The molecule has 0 saturated heterocycles. The summed E-state index contributed by atoms with van der Waals surface area (Å²) in [4.78, 5) is 13.5. The van der Waals surface area contributed by atoms with Crippen molar-refractivity contribution in [1.29, 1.82) is 0 Å². The second-order valence-electron chi connectivity index (χ2n) is 7.36. The molecule has 3 nitrogen and oxygen atoms in total. The molecular formula is C26H19ClO3. The zero-order valence-electron chi connectivity index (χ0n) is 16.3. The Bertz CT molecular complexity index is 1230. The molecule has 1 heterocycles. The molecular weight excluding hydrogens is 396 g/mol. The van der Waals surface area contributed by atoms with E-state index in [1.165, 1.54) is 0 Å². The van der Waals surface area contributed by atoms with Crippen LogP contribution in [-0.2, 0) is 0 Å². The standard InChI is InChI=1S/C26H19ClO3/c1-29-20-13-8-17(9-14-20)23-24-21-5-3-2-4-16(21)10-15-22(24)30-26(23)25(28)18-6-11-19(27)12-7-18/h2-15,23,26H,1H3/t23-,26+/m0/s1. The minimum atomic E-state index is -0.652. The largest absolute Gasteiger partial charge is 0.497 e. The molecule has 4 aromatic rings. The van der Waals surface area contributed by atoms with E-state index in [1.54, 1.807) is 31.4 Å². The van der Waals surface area contributed by atoms with E-state index in [9.17, 15) is 4.79 Å². The zero-order chi connectivity index (χ0) is 20.7. The second kappa shape index (κ2) is 7.51. The zero-order valence-corrected chi connectivity index (χ0v) is 17.1. The van der Waals surface area contributed by atoms with Crippen molar-refractivity contribution in [3.8, 4) is 11.5 Å². The first-order valence-corrected chi connectivity index (χ1v) is 10.2. The topological polar surface area (TPSA) is 35.5 Å². The van der Waals surface area contributed by atoms with Gasteiger partial charge in [0.25, 0.3) is 0 Å². The van der Waals surface area contributed by atoms with Crippen molar-refractivity contribution < 1.29 is 14.3 Å². The number of benzene rings is 4. The van der Waals surface area contributed by atoms with Crippen LogP contribution in [0, 0.1) is 0 Å². The van der Waals surface area contributed by atoms with Gasteiger partial charge in [0, 0.05) is 16.1 Å². The Kier molecular flexibility index (Phi) is 4.68. The molecule has 0 aliphatic carbocycles. The van der Waals surface area contributed by atoms with Crippen molar-refractivity contribution in [3.05, 3.63) is 107 Å². The van der Waals surface area contributed by atoms with Gasteiger partial charge in [-0.2, -0.15) is 0 Å². The summed E-state index contributed by atoms with van der Waals surface area (Å²) in [6, 6.07) is 27.0. The molecule has 1 aliphatic heterocycles. The number of Topliss-reactive ketones (excluding diaryl/α,β-unsaturated/α-hetero) is 1. The number of carbonyl (C=O) groups excluding carboxylic acids is 1. The monoisotopic (exact) mass is 414 g/mol. The summed E-state index contributed by atoms with van der Waals surface area (Å²) < 4.78 is 11.6.